The molecule has 1 amide bonds. The number of halogens is 3. The second-order valence-corrected chi connectivity index (χ2v) is 6.91. The number of benzene rings is 1. The van der Waals surface area contributed by atoms with Gasteiger partial charge in [0.1, 0.15) is 0 Å². The minimum Gasteiger partial charge on any atom is -0.395 e. The van der Waals surface area contributed by atoms with Crippen molar-refractivity contribution in [3.63, 3.8) is 0 Å². The van der Waals surface area contributed by atoms with Gasteiger partial charge in [0.15, 0.2) is 0 Å². The number of anilines is 1. The summed E-state index contributed by atoms with van der Waals surface area (Å²) in [5.41, 5.74) is 0.680. The summed E-state index contributed by atoms with van der Waals surface area (Å²) in [5, 5.41) is 11.9. The van der Waals surface area contributed by atoms with Crippen LogP contribution in [0.3, 0.4) is 0 Å². The molecule has 1 rings (SSSR count). The number of aliphatic hydroxyl groups excluding tert-OH is 1. The summed E-state index contributed by atoms with van der Waals surface area (Å²) in [5.74, 6) is -0.150. The Kier molecular flexibility index (Phi) is 9.00. The zero-order chi connectivity index (χ0) is 15.8. The van der Waals surface area contributed by atoms with Crippen LogP contribution in [0.15, 0.2) is 25.6 Å². The molecule has 0 saturated heterocycles. The molecule has 0 heterocycles. The van der Waals surface area contributed by atoms with E-state index in [0.29, 0.717) is 25.4 Å². The predicted molar refractivity (Wildman–Crippen MR) is 93.6 cm³/mol. The van der Waals surface area contributed by atoms with E-state index < -0.39 is 0 Å². The fourth-order valence-corrected chi connectivity index (χ4v) is 4.13. The number of carbonyl (C=O) groups is 1. The Morgan fingerprint density at radius 3 is 2.43 bits per heavy atom. The van der Waals surface area contributed by atoms with Gasteiger partial charge in [-0.05, 0) is 44.0 Å². The van der Waals surface area contributed by atoms with Crippen LogP contribution in [0.25, 0.3) is 0 Å². The molecule has 0 atom stereocenters. The molecule has 118 valence electrons. The molecular formula is C13H17Br3N2O3. The monoisotopic (exact) mass is 486 g/mol. The van der Waals surface area contributed by atoms with Gasteiger partial charge in [0, 0.05) is 33.6 Å². The van der Waals surface area contributed by atoms with E-state index in [2.05, 4.69) is 53.1 Å². The lowest BCUT2D eigenvalue weighted by molar-refractivity contribution is -0.117. The number of ether oxygens (including phenoxy) is 1. The lowest BCUT2D eigenvalue weighted by Crippen LogP contribution is -2.37. The molecule has 0 aliphatic rings. The molecule has 0 spiro atoms. The van der Waals surface area contributed by atoms with Crippen LogP contribution in [-0.4, -0.2) is 55.9 Å². The van der Waals surface area contributed by atoms with Gasteiger partial charge in [-0.3, -0.25) is 9.69 Å². The SMILES string of the molecule is COCCN(CCO)CC(=O)Nc1c(Br)cc(Br)cc1Br. The number of nitrogens with zero attached hydrogens (tertiary/aromatic N) is 1. The van der Waals surface area contributed by atoms with Gasteiger partial charge >= 0.3 is 0 Å². The lowest BCUT2D eigenvalue weighted by atomic mass is 10.3. The van der Waals surface area contributed by atoms with Crippen molar-refractivity contribution in [1.82, 2.24) is 4.90 Å². The van der Waals surface area contributed by atoms with Crippen LogP contribution in [0.4, 0.5) is 5.69 Å². The van der Waals surface area contributed by atoms with Crippen molar-refractivity contribution in [3.8, 4) is 0 Å². The Labute approximate surface area is 149 Å². The molecule has 5 nitrogen and oxygen atoms in total. The zero-order valence-electron chi connectivity index (χ0n) is 11.5. The topological polar surface area (TPSA) is 61.8 Å². The number of rotatable bonds is 8. The number of carbonyl (C=O) groups excluding carboxylic acids is 1. The summed E-state index contributed by atoms with van der Waals surface area (Å²) in [6.07, 6.45) is 0. The average Bonchev–Trinajstić information content (AvgIpc) is 2.40. The molecule has 0 aliphatic carbocycles. The highest BCUT2D eigenvalue weighted by molar-refractivity contribution is 9.11. The molecule has 1 aromatic carbocycles. The summed E-state index contributed by atoms with van der Waals surface area (Å²) < 4.78 is 7.46. The van der Waals surface area contributed by atoms with Crippen LogP contribution in [0.2, 0.25) is 0 Å². The lowest BCUT2D eigenvalue weighted by Gasteiger charge is -2.20. The van der Waals surface area contributed by atoms with E-state index in [0.717, 1.165) is 13.4 Å². The second kappa shape index (κ2) is 9.91. The third-order valence-corrected chi connectivity index (χ3v) is 4.38. The van der Waals surface area contributed by atoms with E-state index in [1.807, 2.05) is 17.0 Å². The highest BCUT2D eigenvalue weighted by Gasteiger charge is 2.14. The van der Waals surface area contributed by atoms with Crippen molar-refractivity contribution < 1.29 is 14.6 Å². The molecule has 0 aromatic heterocycles. The number of nitrogens with one attached hydrogen (secondary N) is 1. The fraction of sp³-hybridized carbons (Fsp3) is 0.462. The maximum absolute atomic E-state index is 12.1. The molecule has 21 heavy (non-hydrogen) atoms. The molecule has 0 saturated carbocycles. The molecule has 8 heteroatoms. The summed E-state index contributed by atoms with van der Waals surface area (Å²) in [6, 6.07) is 3.72. The smallest absolute Gasteiger partial charge is 0.238 e. The van der Waals surface area contributed by atoms with E-state index in [-0.39, 0.29) is 19.1 Å². The number of hydrogen-bond donors (Lipinski definition) is 2. The van der Waals surface area contributed by atoms with Crippen LogP contribution in [0.5, 0.6) is 0 Å². The van der Waals surface area contributed by atoms with E-state index in [4.69, 9.17) is 9.84 Å². The molecule has 0 bridgehead atoms. The maximum Gasteiger partial charge on any atom is 0.238 e. The number of amides is 1. The van der Waals surface area contributed by atoms with Gasteiger partial charge in [0.05, 0.1) is 25.4 Å². The highest BCUT2D eigenvalue weighted by atomic mass is 79.9. The van der Waals surface area contributed by atoms with E-state index in [9.17, 15) is 4.79 Å². The third kappa shape index (κ3) is 6.75. The Hall–Kier alpha value is 0.01000. The van der Waals surface area contributed by atoms with Gasteiger partial charge < -0.3 is 15.2 Å². The minimum atomic E-state index is -0.150. The maximum atomic E-state index is 12.1. The molecule has 0 radical (unpaired) electrons. The van der Waals surface area contributed by atoms with Gasteiger partial charge in [-0.25, -0.2) is 0 Å². The van der Waals surface area contributed by atoms with Crippen molar-refractivity contribution in [2.75, 3.05) is 45.3 Å². The zero-order valence-corrected chi connectivity index (χ0v) is 16.3. The number of aliphatic hydroxyl groups is 1. The highest BCUT2D eigenvalue weighted by Crippen LogP contribution is 2.34. The van der Waals surface area contributed by atoms with Crippen LogP contribution in [-0.2, 0) is 9.53 Å². The molecule has 2 N–H and O–H groups in total. The number of methoxy groups -OCH3 is 1. The van der Waals surface area contributed by atoms with Crippen molar-refractivity contribution in [1.29, 1.82) is 0 Å². The summed E-state index contributed by atoms with van der Waals surface area (Å²) >= 11 is 10.2. The molecule has 1 aromatic rings. The van der Waals surface area contributed by atoms with Crippen molar-refractivity contribution in [3.05, 3.63) is 25.6 Å². The normalized spacial score (nSPS) is 11.0. The van der Waals surface area contributed by atoms with Gasteiger partial charge in [0.2, 0.25) is 5.91 Å². The quantitative estimate of drug-likeness (QED) is 0.590. The Morgan fingerprint density at radius 2 is 1.90 bits per heavy atom. The minimum absolute atomic E-state index is 0.00265. The first kappa shape index (κ1) is 19.1. The van der Waals surface area contributed by atoms with Crippen LogP contribution < -0.4 is 5.32 Å². The van der Waals surface area contributed by atoms with Gasteiger partial charge in [-0.1, -0.05) is 15.9 Å². The van der Waals surface area contributed by atoms with Crippen LogP contribution in [0, 0.1) is 0 Å². The van der Waals surface area contributed by atoms with Crippen LogP contribution in [0.1, 0.15) is 0 Å². The fourth-order valence-electron chi connectivity index (χ4n) is 1.68. The molecule has 0 fully saturated rings. The van der Waals surface area contributed by atoms with Crippen molar-refractivity contribution >= 4 is 59.4 Å². The Balaban J connectivity index is 2.67. The average molecular weight is 489 g/mol. The Bertz CT molecular complexity index is 463. The van der Waals surface area contributed by atoms with Gasteiger partial charge in [0.25, 0.3) is 0 Å². The summed E-state index contributed by atoms with van der Waals surface area (Å²) in [4.78, 5) is 14.0. The van der Waals surface area contributed by atoms with E-state index >= 15 is 0 Å². The third-order valence-electron chi connectivity index (χ3n) is 2.67. The molecular weight excluding hydrogens is 472 g/mol. The molecule has 0 aliphatic heterocycles. The summed E-state index contributed by atoms with van der Waals surface area (Å²) in [6.45, 7) is 1.73. The predicted octanol–water partition coefficient (Wildman–Crippen LogP) is 2.85. The van der Waals surface area contributed by atoms with E-state index in [1.165, 1.54) is 0 Å². The van der Waals surface area contributed by atoms with E-state index in [1.54, 1.807) is 7.11 Å². The van der Waals surface area contributed by atoms with Gasteiger partial charge in [-0.2, -0.15) is 0 Å². The van der Waals surface area contributed by atoms with Crippen molar-refractivity contribution in [2.24, 2.45) is 0 Å². The summed E-state index contributed by atoms with van der Waals surface area (Å²) in [7, 11) is 1.60. The first-order chi connectivity index (χ1) is 9.97. The van der Waals surface area contributed by atoms with Gasteiger partial charge in [-0.15, -0.1) is 0 Å². The first-order valence-corrected chi connectivity index (χ1v) is 8.62. The Morgan fingerprint density at radius 1 is 1.29 bits per heavy atom. The van der Waals surface area contributed by atoms with Crippen molar-refractivity contribution in [2.45, 2.75) is 0 Å². The standard InChI is InChI=1S/C13H17Br3N2O3/c1-21-5-3-18(2-4-19)8-12(20)17-13-10(15)6-9(14)7-11(13)16/h6-7,19H,2-5,8H2,1H3,(H,17,20). The number of hydrogen-bond acceptors (Lipinski definition) is 4. The largest absolute Gasteiger partial charge is 0.395 e. The van der Waals surface area contributed by atoms with Crippen LogP contribution >= 0.6 is 47.8 Å². The first-order valence-electron chi connectivity index (χ1n) is 6.24. The second-order valence-electron chi connectivity index (χ2n) is 4.29. The molecule has 0 unspecified atom stereocenters.